The number of nitro benzene ring substituents is 1. The summed E-state index contributed by atoms with van der Waals surface area (Å²) in [6.07, 6.45) is 1.59. The van der Waals surface area contributed by atoms with Gasteiger partial charge < -0.3 is 14.8 Å². The summed E-state index contributed by atoms with van der Waals surface area (Å²) in [5, 5.41) is 23.5. The Morgan fingerprint density at radius 2 is 1.85 bits per heavy atom. The zero-order valence-electron chi connectivity index (χ0n) is 18.2. The fourth-order valence-corrected chi connectivity index (χ4v) is 3.46. The summed E-state index contributed by atoms with van der Waals surface area (Å²) in [4.78, 5) is 22.8. The van der Waals surface area contributed by atoms with E-state index in [1.165, 1.54) is 18.2 Å². The molecule has 0 aliphatic rings. The predicted molar refractivity (Wildman–Crippen MR) is 132 cm³/mol. The van der Waals surface area contributed by atoms with Gasteiger partial charge >= 0.3 is 0 Å². The van der Waals surface area contributed by atoms with Crippen LogP contribution in [-0.4, -0.2) is 24.0 Å². The molecule has 8 nitrogen and oxygen atoms in total. The molecule has 0 atom stereocenters. The minimum absolute atomic E-state index is 0.106. The fraction of sp³-hybridized carbons (Fsp3) is 0.120. The maximum absolute atomic E-state index is 12.2. The molecule has 0 aliphatic heterocycles. The molecule has 0 saturated carbocycles. The Morgan fingerprint density at radius 3 is 2.53 bits per heavy atom. The lowest BCUT2D eigenvalue weighted by Crippen LogP contribution is -2.20. The average Bonchev–Trinajstić information content (AvgIpc) is 2.84. The number of hydrogen-bond acceptors (Lipinski definition) is 6. The number of nitrogens with one attached hydrogen (secondary N) is 1. The van der Waals surface area contributed by atoms with Gasteiger partial charge in [-0.15, -0.1) is 0 Å². The Morgan fingerprint density at radius 1 is 1.12 bits per heavy atom. The Bertz CT molecular complexity index is 1270. The number of ether oxygens (including phenoxy) is 2. The summed E-state index contributed by atoms with van der Waals surface area (Å²) in [5.74, 6) is 0.412. The van der Waals surface area contributed by atoms with Gasteiger partial charge in [0.15, 0.2) is 18.1 Å². The first-order valence-electron chi connectivity index (χ1n) is 10.2. The number of hydrogen-bond donors (Lipinski definition) is 1. The third kappa shape index (κ3) is 6.43. The van der Waals surface area contributed by atoms with Gasteiger partial charge in [-0.05, 0) is 48.4 Å². The molecule has 9 heteroatoms. The van der Waals surface area contributed by atoms with Gasteiger partial charge in [0.25, 0.3) is 11.6 Å². The summed E-state index contributed by atoms with van der Waals surface area (Å²) in [7, 11) is 0. The van der Waals surface area contributed by atoms with Crippen molar-refractivity contribution in [3.63, 3.8) is 0 Å². The first-order valence-corrected chi connectivity index (χ1v) is 11.0. The number of benzene rings is 3. The molecule has 0 radical (unpaired) electrons. The Kier molecular flexibility index (Phi) is 8.37. The van der Waals surface area contributed by atoms with Gasteiger partial charge in [-0.2, -0.15) is 5.26 Å². The first-order chi connectivity index (χ1) is 16.4. The van der Waals surface area contributed by atoms with E-state index >= 15 is 0 Å². The number of non-ortho nitro benzene ring substituents is 1. The molecule has 0 fully saturated rings. The van der Waals surface area contributed by atoms with Crippen LogP contribution in [0.4, 0.5) is 11.4 Å². The van der Waals surface area contributed by atoms with Gasteiger partial charge in [-0.25, -0.2) is 0 Å². The SMILES string of the molecule is CCOc1cc(/C=C(/C#N)c2cccc([N+](=O)[O-])c2)c(Br)cc1OCC(=O)Nc1ccccc1. The second-order valence-corrected chi connectivity index (χ2v) is 7.79. The number of halogens is 1. The average molecular weight is 522 g/mol. The first kappa shape index (κ1) is 24.5. The standard InChI is InChI=1S/C25H20BrN3O5/c1-2-33-23-13-18(11-19(15-27)17-7-6-10-21(12-17)29(31)32)22(26)14-24(23)34-16-25(30)28-20-8-4-3-5-9-20/h3-14H,2,16H2,1H3,(H,28,30)/b19-11-. The zero-order valence-corrected chi connectivity index (χ0v) is 19.7. The van der Waals surface area contributed by atoms with Crippen molar-refractivity contribution in [2.24, 2.45) is 0 Å². The van der Waals surface area contributed by atoms with Crippen LogP contribution in [0.1, 0.15) is 18.1 Å². The number of allylic oxidation sites excluding steroid dienone is 1. The van der Waals surface area contributed by atoms with E-state index in [9.17, 15) is 20.2 Å². The molecular weight excluding hydrogens is 502 g/mol. The van der Waals surface area contributed by atoms with Crippen LogP contribution in [0.3, 0.4) is 0 Å². The third-order valence-electron chi connectivity index (χ3n) is 4.57. The van der Waals surface area contributed by atoms with Gasteiger partial charge in [0.05, 0.1) is 23.2 Å². The number of nitro groups is 1. The third-order valence-corrected chi connectivity index (χ3v) is 5.25. The minimum atomic E-state index is -0.512. The van der Waals surface area contributed by atoms with Crippen LogP contribution >= 0.6 is 15.9 Å². The monoisotopic (exact) mass is 521 g/mol. The molecule has 0 bridgehead atoms. The topological polar surface area (TPSA) is 114 Å². The lowest BCUT2D eigenvalue weighted by molar-refractivity contribution is -0.384. The van der Waals surface area contributed by atoms with E-state index in [4.69, 9.17) is 9.47 Å². The summed E-state index contributed by atoms with van der Waals surface area (Å²) in [6, 6.07) is 20.3. The van der Waals surface area contributed by atoms with Crippen LogP contribution in [0.15, 0.2) is 71.2 Å². The van der Waals surface area contributed by atoms with E-state index in [-0.39, 0.29) is 23.8 Å². The van der Waals surface area contributed by atoms with E-state index in [1.54, 1.807) is 36.4 Å². The molecule has 3 aromatic carbocycles. The van der Waals surface area contributed by atoms with Gasteiger partial charge in [-0.3, -0.25) is 14.9 Å². The Labute approximate surface area is 204 Å². The molecule has 0 aromatic heterocycles. The van der Waals surface area contributed by atoms with Crippen LogP contribution in [0.5, 0.6) is 11.5 Å². The molecule has 1 N–H and O–H groups in total. The van der Waals surface area contributed by atoms with Crippen LogP contribution in [-0.2, 0) is 4.79 Å². The normalized spacial score (nSPS) is 10.8. The highest BCUT2D eigenvalue weighted by Crippen LogP contribution is 2.36. The fourth-order valence-electron chi connectivity index (χ4n) is 3.03. The number of para-hydroxylation sites is 1. The smallest absolute Gasteiger partial charge is 0.270 e. The molecule has 34 heavy (non-hydrogen) atoms. The molecule has 0 spiro atoms. The highest BCUT2D eigenvalue weighted by Gasteiger charge is 2.14. The van der Waals surface area contributed by atoms with Crippen molar-refractivity contribution in [2.75, 3.05) is 18.5 Å². The van der Waals surface area contributed by atoms with Gasteiger partial charge in [0.1, 0.15) is 0 Å². The van der Waals surface area contributed by atoms with E-state index in [1.807, 2.05) is 25.1 Å². The molecule has 3 rings (SSSR count). The van der Waals surface area contributed by atoms with Crippen LogP contribution in [0, 0.1) is 21.4 Å². The quantitative estimate of drug-likeness (QED) is 0.164. The maximum atomic E-state index is 12.2. The number of nitrogens with zero attached hydrogens (tertiary/aromatic N) is 2. The zero-order chi connectivity index (χ0) is 24.5. The number of amides is 1. The van der Waals surface area contributed by atoms with Crippen molar-refractivity contribution in [2.45, 2.75) is 6.92 Å². The number of carbonyl (C=O) groups is 1. The van der Waals surface area contributed by atoms with Crippen molar-refractivity contribution >= 4 is 44.9 Å². The van der Waals surface area contributed by atoms with Crippen molar-refractivity contribution in [1.29, 1.82) is 5.26 Å². The van der Waals surface area contributed by atoms with Crippen molar-refractivity contribution < 1.29 is 19.2 Å². The highest BCUT2D eigenvalue weighted by atomic mass is 79.9. The lowest BCUT2D eigenvalue weighted by atomic mass is 10.0. The largest absolute Gasteiger partial charge is 0.490 e. The van der Waals surface area contributed by atoms with Gasteiger partial charge in [0.2, 0.25) is 0 Å². The second-order valence-electron chi connectivity index (χ2n) is 6.93. The van der Waals surface area contributed by atoms with E-state index < -0.39 is 4.92 Å². The number of carbonyl (C=O) groups excluding carboxylic acids is 1. The maximum Gasteiger partial charge on any atom is 0.270 e. The Balaban J connectivity index is 1.85. The van der Waals surface area contributed by atoms with Gasteiger partial charge in [0, 0.05) is 22.3 Å². The summed E-state index contributed by atoms with van der Waals surface area (Å²) in [5.41, 5.74) is 1.81. The second kappa shape index (κ2) is 11.6. The Hall–Kier alpha value is -4.16. The predicted octanol–water partition coefficient (Wildman–Crippen LogP) is 5.84. The summed E-state index contributed by atoms with van der Waals surface area (Å²) < 4.78 is 12.0. The number of rotatable bonds is 9. The van der Waals surface area contributed by atoms with Crippen LogP contribution in [0.2, 0.25) is 0 Å². The molecule has 0 saturated heterocycles. The van der Waals surface area contributed by atoms with Crippen LogP contribution in [0.25, 0.3) is 11.6 Å². The molecule has 172 valence electrons. The molecule has 0 heterocycles. The lowest BCUT2D eigenvalue weighted by Gasteiger charge is -2.14. The number of anilines is 1. The minimum Gasteiger partial charge on any atom is -0.490 e. The van der Waals surface area contributed by atoms with Crippen LogP contribution < -0.4 is 14.8 Å². The van der Waals surface area contributed by atoms with Crippen molar-refractivity contribution in [3.8, 4) is 17.6 Å². The van der Waals surface area contributed by atoms with E-state index in [0.29, 0.717) is 39.4 Å². The van der Waals surface area contributed by atoms with Gasteiger partial charge in [-0.1, -0.05) is 46.3 Å². The van der Waals surface area contributed by atoms with Crippen molar-refractivity contribution in [3.05, 3.63) is 92.4 Å². The van der Waals surface area contributed by atoms with E-state index in [2.05, 4.69) is 27.3 Å². The number of nitriles is 1. The molecule has 3 aromatic rings. The molecule has 1 amide bonds. The molecule has 0 unspecified atom stereocenters. The highest BCUT2D eigenvalue weighted by molar-refractivity contribution is 9.10. The summed E-state index contributed by atoms with van der Waals surface area (Å²) >= 11 is 3.46. The molecular formula is C25H20BrN3O5. The summed E-state index contributed by atoms with van der Waals surface area (Å²) in [6.45, 7) is 1.94. The molecule has 0 aliphatic carbocycles. The van der Waals surface area contributed by atoms with Crippen molar-refractivity contribution in [1.82, 2.24) is 0 Å². The van der Waals surface area contributed by atoms with E-state index in [0.717, 1.165) is 0 Å².